The van der Waals surface area contributed by atoms with Crippen molar-refractivity contribution in [3.8, 4) is 11.8 Å². The van der Waals surface area contributed by atoms with E-state index in [1.54, 1.807) is 13.8 Å². The van der Waals surface area contributed by atoms with Crippen LogP contribution in [0.25, 0.3) is 0 Å². The summed E-state index contributed by atoms with van der Waals surface area (Å²) in [5.41, 5.74) is -0.0579. The smallest absolute Gasteiger partial charge is 0.358 e. The fourth-order valence-electron chi connectivity index (χ4n) is 1.23. The van der Waals surface area contributed by atoms with Gasteiger partial charge in [-0.3, -0.25) is 0 Å². The Kier molecular flexibility index (Phi) is 5.34. The molecule has 5 heteroatoms. The summed E-state index contributed by atoms with van der Waals surface area (Å²) in [7, 11) is 0. The number of halogens is 4. The van der Waals surface area contributed by atoms with Crippen LogP contribution in [0.3, 0.4) is 0 Å². The van der Waals surface area contributed by atoms with Crippen LogP contribution in [-0.2, 0) is 11.3 Å². The van der Waals surface area contributed by atoms with Crippen molar-refractivity contribution in [2.45, 2.75) is 32.2 Å². The summed E-state index contributed by atoms with van der Waals surface area (Å²) in [6, 6.07) is 9.26. The minimum atomic E-state index is -5.00. The number of hydrogen-bond acceptors (Lipinski definition) is 1. The first kappa shape index (κ1) is 16.3. The highest BCUT2D eigenvalue weighted by atomic mass is 19.4. The first-order valence-electron chi connectivity index (χ1n) is 5.84. The maximum Gasteiger partial charge on any atom is 0.443 e. The molecule has 0 saturated carbocycles. The molecular weight excluding hydrogens is 272 g/mol. The SMILES string of the molecule is CC(C)(C#C/C=C(\F)C(F)(F)F)OCc1ccccc1. The molecule has 1 aromatic carbocycles. The van der Waals surface area contributed by atoms with Gasteiger partial charge in [0.05, 0.1) is 6.61 Å². The highest BCUT2D eigenvalue weighted by Gasteiger charge is 2.34. The minimum Gasteiger partial charge on any atom is -0.358 e. The lowest BCUT2D eigenvalue weighted by molar-refractivity contribution is -0.108. The predicted molar refractivity (Wildman–Crippen MR) is 68.3 cm³/mol. The van der Waals surface area contributed by atoms with Gasteiger partial charge in [-0.2, -0.15) is 13.2 Å². The molecule has 0 heterocycles. The summed E-state index contributed by atoms with van der Waals surface area (Å²) in [6.45, 7) is 3.47. The Hall–Kier alpha value is -1.80. The molecule has 20 heavy (non-hydrogen) atoms. The molecule has 0 aliphatic carbocycles. The van der Waals surface area contributed by atoms with E-state index < -0.39 is 17.6 Å². The maximum atomic E-state index is 12.5. The highest BCUT2D eigenvalue weighted by Crippen LogP contribution is 2.25. The van der Waals surface area contributed by atoms with Crippen molar-refractivity contribution in [1.82, 2.24) is 0 Å². The van der Waals surface area contributed by atoms with Gasteiger partial charge in [0, 0.05) is 6.08 Å². The molecule has 0 aliphatic heterocycles. The van der Waals surface area contributed by atoms with E-state index in [0.29, 0.717) is 0 Å². The zero-order chi connectivity index (χ0) is 15.2. The van der Waals surface area contributed by atoms with Gasteiger partial charge in [0.2, 0.25) is 5.83 Å². The third kappa shape index (κ3) is 5.89. The molecule has 0 bridgehead atoms. The molecule has 0 amide bonds. The van der Waals surface area contributed by atoms with Crippen LogP contribution in [0.4, 0.5) is 17.6 Å². The molecule has 1 nitrogen and oxygen atoms in total. The fourth-order valence-corrected chi connectivity index (χ4v) is 1.23. The Morgan fingerprint density at radius 3 is 2.35 bits per heavy atom. The van der Waals surface area contributed by atoms with Crippen molar-refractivity contribution >= 4 is 0 Å². The predicted octanol–water partition coefficient (Wildman–Crippen LogP) is 4.40. The van der Waals surface area contributed by atoms with Crippen molar-refractivity contribution < 1.29 is 22.3 Å². The lowest BCUT2D eigenvalue weighted by Gasteiger charge is -2.18. The largest absolute Gasteiger partial charge is 0.443 e. The molecule has 1 aromatic rings. The summed E-state index contributed by atoms with van der Waals surface area (Å²) >= 11 is 0. The van der Waals surface area contributed by atoms with Crippen LogP contribution in [0.15, 0.2) is 42.2 Å². The average Bonchev–Trinajstić information content (AvgIpc) is 2.36. The standard InChI is InChI=1S/C15H14F4O/c1-14(2,10-6-9-13(16)15(17,18)19)20-11-12-7-4-3-5-8-12/h3-5,7-9H,11H2,1-2H3/b13-9-. The third-order valence-electron chi connectivity index (χ3n) is 2.29. The zero-order valence-electron chi connectivity index (χ0n) is 11.1. The lowest BCUT2D eigenvalue weighted by atomic mass is 10.1. The second kappa shape index (κ2) is 6.58. The summed E-state index contributed by atoms with van der Waals surface area (Å²) in [4.78, 5) is 0. The van der Waals surface area contributed by atoms with Gasteiger partial charge in [0.15, 0.2) is 0 Å². The van der Waals surface area contributed by atoms with Gasteiger partial charge in [0.1, 0.15) is 5.60 Å². The summed E-state index contributed by atoms with van der Waals surface area (Å²) in [5, 5.41) is 0. The van der Waals surface area contributed by atoms with Gasteiger partial charge in [-0.25, -0.2) is 4.39 Å². The van der Waals surface area contributed by atoms with E-state index in [9.17, 15) is 17.6 Å². The minimum absolute atomic E-state index is 0.202. The Balaban J connectivity index is 2.63. The number of ether oxygens (including phenoxy) is 1. The molecule has 108 valence electrons. The van der Waals surface area contributed by atoms with Crippen LogP contribution < -0.4 is 0 Å². The molecule has 0 fully saturated rings. The number of allylic oxidation sites excluding steroid dienone is 2. The first-order chi connectivity index (χ1) is 9.21. The lowest BCUT2D eigenvalue weighted by Crippen LogP contribution is -2.21. The molecule has 0 radical (unpaired) electrons. The second-order valence-electron chi connectivity index (χ2n) is 4.54. The van der Waals surface area contributed by atoms with E-state index in [2.05, 4.69) is 5.92 Å². The van der Waals surface area contributed by atoms with Gasteiger partial charge >= 0.3 is 6.18 Å². The van der Waals surface area contributed by atoms with Crippen molar-refractivity contribution in [3.63, 3.8) is 0 Å². The topological polar surface area (TPSA) is 9.23 Å². The van der Waals surface area contributed by atoms with E-state index in [1.807, 2.05) is 36.3 Å². The van der Waals surface area contributed by atoms with Crippen molar-refractivity contribution in [3.05, 3.63) is 47.8 Å². The summed E-state index contributed by atoms with van der Waals surface area (Å²) < 4.78 is 53.7. The van der Waals surface area contributed by atoms with Gasteiger partial charge in [-0.05, 0) is 19.4 Å². The molecule has 0 aromatic heterocycles. The van der Waals surface area contributed by atoms with Crippen LogP contribution in [0.2, 0.25) is 0 Å². The highest BCUT2D eigenvalue weighted by molar-refractivity contribution is 5.24. The van der Waals surface area contributed by atoms with E-state index >= 15 is 0 Å². The van der Waals surface area contributed by atoms with Gasteiger partial charge in [0.25, 0.3) is 0 Å². The molecule has 1 rings (SSSR count). The zero-order valence-corrected chi connectivity index (χ0v) is 11.1. The van der Waals surface area contributed by atoms with E-state index in [0.717, 1.165) is 5.56 Å². The van der Waals surface area contributed by atoms with E-state index in [4.69, 9.17) is 4.74 Å². The normalized spacial score (nSPS) is 12.8. The van der Waals surface area contributed by atoms with E-state index in [1.165, 1.54) is 0 Å². The van der Waals surface area contributed by atoms with Gasteiger partial charge in [-0.15, -0.1) is 0 Å². The monoisotopic (exact) mass is 286 g/mol. The quantitative estimate of drug-likeness (QED) is 0.591. The first-order valence-corrected chi connectivity index (χ1v) is 5.84. The molecule has 0 atom stereocenters. The van der Waals surface area contributed by atoms with Crippen molar-refractivity contribution in [2.75, 3.05) is 0 Å². The molecule has 0 saturated heterocycles. The number of benzene rings is 1. The van der Waals surface area contributed by atoms with Crippen LogP contribution in [0, 0.1) is 11.8 Å². The number of rotatable bonds is 3. The Bertz CT molecular complexity index is 518. The Morgan fingerprint density at radius 2 is 1.80 bits per heavy atom. The van der Waals surface area contributed by atoms with Crippen LogP contribution >= 0.6 is 0 Å². The van der Waals surface area contributed by atoms with Crippen molar-refractivity contribution in [2.24, 2.45) is 0 Å². The van der Waals surface area contributed by atoms with E-state index in [-0.39, 0.29) is 12.7 Å². The van der Waals surface area contributed by atoms with Crippen molar-refractivity contribution in [1.29, 1.82) is 0 Å². The molecule has 0 aliphatic rings. The van der Waals surface area contributed by atoms with Gasteiger partial charge in [-0.1, -0.05) is 42.2 Å². The molecule has 0 spiro atoms. The van der Waals surface area contributed by atoms with Crippen LogP contribution in [-0.4, -0.2) is 11.8 Å². The van der Waals surface area contributed by atoms with Gasteiger partial charge < -0.3 is 4.74 Å². The second-order valence-corrected chi connectivity index (χ2v) is 4.54. The Morgan fingerprint density at radius 1 is 1.20 bits per heavy atom. The molecule has 0 unspecified atom stereocenters. The Labute approximate surface area is 115 Å². The molecular formula is C15H14F4O. The average molecular weight is 286 g/mol. The summed E-state index contributed by atoms with van der Waals surface area (Å²) in [6.07, 6.45) is -4.79. The third-order valence-corrected chi connectivity index (χ3v) is 2.29. The fraction of sp³-hybridized carbons (Fsp3) is 0.333. The van der Waals surface area contributed by atoms with Crippen LogP contribution in [0.5, 0.6) is 0 Å². The number of alkyl halides is 3. The maximum absolute atomic E-state index is 12.5. The summed E-state index contributed by atoms with van der Waals surface area (Å²) in [5.74, 6) is 2.26. The van der Waals surface area contributed by atoms with Crippen LogP contribution in [0.1, 0.15) is 19.4 Å². The number of hydrogen-bond donors (Lipinski definition) is 0. The molecule has 0 N–H and O–H groups in total.